The topological polar surface area (TPSA) is 46.9 Å². The lowest BCUT2D eigenvalue weighted by Gasteiger charge is -2.62. The molecule has 0 aromatic carbocycles. The Labute approximate surface area is 222 Å². The lowest BCUT2D eigenvalue weighted by Crippen LogP contribution is -2.62. The van der Waals surface area contributed by atoms with E-state index >= 15 is 0 Å². The summed E-state index contributed by atoms with van der Waals surface area (Å²) in [6, 6.07) is 0.355. The third-order valence-electron chi connectivity index (χ3n) is 12.6. The Hall–Kier alpha value is -0.160. The molecule has 4 heteroatoms. The minimum atomic E-state index is -0.142. The Balaban J connectivity index is 1.14. The number of aliphatic hydroxyl groups excluding tert-OH is 2. The average Bonchev–Trinajstić information content (AvgIpc) is 3.18. The van der Waals surface area contributed by atoms with Crippen LogP contribution in [0.1, 0.15) is 117 Å². The molecule has 0 amide bonds. The van der Waals surface area contributed by atoms with Gasteiger partial charge in [0.2, 0.25) is 0 Å². The number of rotatable bonds is 9. The van der Waals surface area contributed by atoms with Crippen LogP contribution in [0, 0.1) is 34.5 Å². The molecule has 5 rings (SSSR count). The fourth-order valence-corrected chi connectivity index (χ4v) is 10.2. The predicted octanol–water partition coefficient (Wildman–Crippen LogP) is 6.10. The predicted molar refractivity (Wildman–Crippen MR) is 149 cm³/mol. The van der Waals surface area contributed by atoms with Crippen LogP contribution in [0.2, 0.25) is 0 Å². The molecule has 1 heterocycles. The molecule has 0 spiro atoms. The standard InChI is InChI=1S/C32H58N2O2/c1-4-5-6-7-8-9-10-17-33-18-20-34(21-19-33)28-23-32(3)24(22-29(28)35)11-12-25-26-13-14-30(36)31(26,2)16-15-27(25)32/h24-30,35-36H,4-23H2,1-3H3/t24?,25?,26?,27?,28-,29-,30-,31-,32-/m0/s1. The van der Waals surface area contributed by atoms with Crippen molar-refractivity contribution in [1.82, 2.24) is 9.80 Å². The van der Waals surface area contributed by atoms with E-state index < -0.39 is 0 Å². The van der Waals surface area contributed by atoms with Gasteiger partial charge in [0.05, 0.1) is 12.2 Å². The summed E-state index contributed by atoms with van der Waals surface area (Å²) in [5.74, 6) is 3.02. The van der Waals surface area contributed by atoms with E-state index in [0.29, 0.717) is 17.4 Å². The summed E-state index contributed by atoms with van der Waals surface area (Å²) >= 11 is 0. The molecule has 1 saturated heterocycles. The molecule has 1 aliphatic heterocycles. The third-order valence-corrected chi connectivity index (χ3v) is 12.6. The average molecular weight is 503 g/mol. The summed E-state index contributed by atoms with van der Waals surface area (Å²) in [4.78, 5) is 5.37. The van der Waals surface area contributed by atoms with Crippen LogP contribution in [-0.2, 0) is 0 Å². The van der Waals surface area contributed by atoms with Gasteiger partial charge in [-0.2, -0.15) is 0 Å². The van der Waals surface area contributed by atoms with E-state index in [1.807, 2.05) is 0 Å². The van der Waals surface area contributed by atoms with Gasteiger partial charge in [-0.1, -0.05) is 59.3 Å². The molecule has 0 aromatic heterocycles. The second-order valence-electron chi connectivity index (χ2n) is 14.4. The summed E-state index contributed by atoms with van der Waals surface area (Å²) in [5.41, 5.74) is 0.542. The highest BCUT2D eigenvalue weighted by molar-refractivity contribution is 5.11. The van der Waals surface area contributed by atoms with E-state index in [4.69, 9.17) is 0 Å². The first-order chi connectivity index (χ1) is 17.4. The second kappa shape index (κ2) is 11.5. The van der Waals surface area contributed by atoms with Crippen LogP contribution in [0.15, 0.2) is 0 Å². The minimum Gasteiger partial charge on any atom is -0.393 e. The maximum atomic E-state index is 11.3. The molecule has 4 aliphatic carbocycles. The Kier molecular flexibility index (Phi) is 8.77. The number of unbranched alkanes of at least 4 members (excludes halogenated alkanes) is 6. The van der Waals surface area contributed by atoms with E-state index in [-0.39, 0.29) is 17.6 Å². The van der Waals surface area contributed by atoms with Crippen molar-refractivity contribution in [2.75, 3.05) is 32.7 Å². The zero-order chi connectivity index (χ0) is 25.3. The summed E-state index contributed by atoms with van der Waals surface area (Å²) in [6.07, 6.45) is 19.2. The quantitative estimate of drug-likeness (QED) is 0.374. The van der Waals surface area contributed by atoms with Crippen LogP contribution < -0.4 is 0 Å². The van der Waals surface area contributed by atoms with E-state index in [9.17, 15) is 10.2 Å². The first-order valence-corrected chi connectivity index (χ1v) is 16.2. The third kappa shape index (κ3) is 5.19. The Morgan fingerprint density at radius 1 is 0.750 bits per heavy atom. The summed E-state index contributed by atoms with van der Waals surface area (Å²) < 4.78 is 0. The van der Waals surface area contributed by atoms with Crippen LogP contribution in [-0.4, -0.2) is 71.0 Å². The van der Waals surface area contributed by atoms with Gasteiger partial charge in [-0.15, -0.1) is 0 Å². The molecule has 9 atom stereocenters. The van der Waals surface area contributed by atoms with Crippen molar-refractivity contribution in [2.45, 2.75) is 135 Å². The zero-order valence-electron chi connectivity index (χ0n) is 24.0. The molecular formula is C32H58N2O2. The van der Waals surface area contributed by atoms with E-state index in [1.165, 1.54) is 103 Å². The molecule has 4 unspecified atom stereocenters. The first kappa shape index (κ1) is 27.4. The largest absolute Gasteiger partial charge is 0.393 e. The molecule has 208 valence electrons. The van der Waals surface area contributed by atoms with Gasteiger partial charge in [-0.3, -0.25) is 4.90 Å². The van der Waals surface area contributed by atoms with Gasteiger partial charge in [0.25, 0.3) is 0 Å². The molecule has 4 saturated carbocycles. The van der Waals surface area contributed by atoms with E-state index in [0.717, 1.165) is 43.7 Å². The van der Waals surface area contributed by atoms with E-state index in [1.54, 1.807) is 0 Å². The molecule has 4 nitrogen and oxygen atoms in total. The summed E-state index contributed by atoms with van der Waals surface area (Å²) in [5, 5.41) is 22.1. The van der Waals surface area contributed by atoms with Crippen LogP contribution >= 0.6 is 0 Å². The number of piperazine rings is 1. The molecule has 0 aromatic rings. The van der Waals surface area contributed by atoms with Crippen LogP contribution in [0.4, 0.5) is 0 Å². The van der Waals surface area contributed by atoms with Crippen LogP contribution in [0.5, 0.6) is 0 Å². The van der Waals surface area contributed by atoms with Gasteiger partial charge in [0, 0.05) is 32.2 Å². The van der Waals surface area contributed by atoms with Crippen LogP contribution in [0.3, 0.4) is 0 Å². The van der Waals surface area contributed by atoms with Crippen molar-refractivity contribution < 1.29 is 10.2 Å². The molecule has 2 N–H and O–H groups in total. The van der Waals surface area contributed by atoms with Gasteiger partial charge in [-0.05, 0) is 98.8 Å². The fraction of sp³-hybridized carbons (Fsp3) is 1.00. The first-order valence-electron chi connectivity index (χ1n) is 16.2. The van der Waals surface area contributed by atoms with Crippen molar-refractivity contribution in [3.05, 3.63) is 0 Å². The van der Waals surface area contributed by atoms with E-state index in [2.05, 4.69) is 30.6 Å². The molecular weight excluding hydrogens is 444 g/mol. The molecule has 36 heavy (non-hydrogen) atoms. The maximum absolute atomic E-state index is 11.3. The minimum absolute atomic E-state index is 0.0766. The van der Waals surface area contributed by atoms with Crippen molar-refractivity contribution >= 4 is 0 Å². The zero-order valence-corrected chi connectivity index (χ0v) is 24.0. The van der Waals surface area contributed by atoms with Gasteiger partial charge >= 0.3 is 0 Å². The molecule has 0 bridgehead atoms. The smallest absolute Gasteiger partial charge is 0.0698 e. The van der Waals surface area contributed by atoms with Gasteiger partial charge in [0.1, 0.15) is 0 Å². The SMILES string of the molecule is CCCCCCCCCN1CCN([C@H]2C[C@@]3(C)C(CCC4C3CC[C@@]3(C)C4CC[C@@H]3O)C[C@@H]2O)CC1. The van der Waals surface area contributed by atoms with Crippen molar-refractivity contribution in [3.63, 3.8) is 0 Å². The highest BCUT2D eigenvalue weighted by Gasteiger charge is 2.61. The van der Waals surface area contributed by atoms with Gasteiger partial charge in [-0.25, -0.2) is 0 Å². The number of aliphatic hydroxyl groups is 2. The lowest BCUT2D eigenvalue weighted by molar-refractivity contribution is -0.155. The van der Waals surface area contributed by atoms with Gasteiger partial charge in [0.15, 0.2) is 0 Å². The van der Waals surface area contributed by atoms with Gasteiger partial charge < -0.3 is 15.1 Å². The normalized spacial score (nSPS) is 45.8. The lowest BCUT2D eigenvalue weighted by atomic mass is 9.44. The highest BCUT2D eigenvalue weighted by Crippen LogP contribution is 2.66. The summed E-state index contributed by atoms with van der Waals surface area (Å²) in [6.45, 7) is 13.2. The highest BCUT2D eigenvalue weighted by atomic mass is 16.3. The Morgan fingerprint density at radius 2 is 1.44 bits per heavy atom. The maximum Gasteiger partial charge on any atom is 0.0698 e. The number of hydrogen-bond acceptors (Lipinski definition) is 4. The molecule has 0 radical (unpaired) electrons. The number of nitrogens with zero attached hydrogens (tertiary/aromatic N) is 2. The van der Waals surface area contributed by atoms with Crippen molar-refractivity contribution in [1.29, 1.82) is 0 Å². The monoisotopic (exact) mass is 502 g/mol. The number of hydrogen-bond donors (Lipinski definition) is 2. The Morgan fingerprint density at radius 3 is 2.19 bits per heavy atom. The molecule has 5 fully saturated rings. The second-order valence-corrected chi connectivity index (χ2v) is 14.4. The Bertz CT molecular complexity index is 708. The van der Waals surface area contributed by atoms with Crippen molar-refractivity contribution in [2.24, 2.45) is 34.5 Å². The van der Waals surface area contributed by atoms with Crippen molar-refractivity contribution in [3.8, 4) is 0 Å². The molecule has 5 aliphatic rings. The summed E-state index contributed by atoms with van der Waals surface area (Å²) in [7, 11) is 0. The van der Waals surface area contributed by atoms with Crippen LogP contribution in [0.25, 0.3) is 0 Å². The number of fused-ring (bicyclic) bond motifs is 5. The fourth-order valence-electron chi connectivity index (χ4n) is 10.2.